The minimum Gasteiger partial charge on any atom is -0.508 e. The second-order valence-electron chi connectivity index (χ2n) is 5.32. The molecule has 0 saturated heterocycles. The van der Waals surface area contributed by atoms with Crippen molar-refractivity contribution >= 4 is 5.69 Å². The molecular weight excluding hydrogens is 238 g/mol. The molecule has 1 rings (SSSR count). The van der Waals surface area contributed by atoms with Gasteiger partial charge in [0.1, 0.15) is 11.5 Å². The van der Waals surface area contributed by atoms with Gasteiger partial charge in [-0.05, 0) is 31.9 Å². The Morgan fingerprint density at radius 1 is 1.21 bits per heavy atom. The van der Waals surface area contributed by atoms with Gasteiger partial charge in [-0.1, -0.05) is 26.2 Å². The summed E-state index contributed by atoms with van der Waals surface area (Å²) in [5.41, 5.74) is 0.917. The van der Waals surface area contributed by atoms with Crippen molar-refractivity contribution in [1.29, 1.82) is 0 Å². The standard InChI is InChI=1S/C16H27NO2/c1-5-6-7-8-9-13(2)19-16-11-10-14(18)12-15(16)17(3)4/h10-13,18H,5-9H2,1-4H3. The number of benzene rings is 1. The molecule has 3 heteroatoms. The molecule has 0 aliphatic rings. The molecule has 0 aromatic heterocycles. The highest BCUT2D eigenvalue weighted by molar-refractivity contribution is 5.60. The van der Waals surface area contributed by atoms with Crippen molar-refractivity contribution in [1.82, 2.24) is 0 Å². The first-order valence-corrected chi connectivity index (χ1v) is 7.21. The smallest absolute Gasteiger partial charge is 0.143 e. The molecule has 0 radical (unpaired) electrons. The van der Waals surface area contributed by atoms with Crippen molar-refractivity contribution in [2.75, 3.05) is 19.0 Å². The number of anilines is 1. The van der Waals surface area contributed by atoms with Crippen LogP contribution in [0, 0.1) is 0 Å². The van der Waals surface area contributed by atoms with E-state index in [0.717, 1.165) is 17.9 Å². The first kappa shape index (κ1) is 15.7. The molecule has 0 saturated carbocycles. The van der Waals surface area contributed by atoms with Crippen molar-refractivity contribution in [3.8, 4) is 11.5 Å². The maximum atomic E-state index is 9.54. The Hall–Kier alpha value is -1.38. The van der Waals surface area contributed by atoms with Crippen LogP contribution in [-0.2, 0) is 0 Å². The fourth-order valence-corrected chi connectivity index (χ4v) is 2.09. The number of unbranched alkanes of at least 4 members (excludes halogenated alkanes) is 3. The Morgan fingerprint density at radius 3 is 2.58 bits per heavy atom. The maximum Gasteiger partial charge on any atom is 0.143 e. The zero-order valence-electron chi connectivity index (χ0n) is 12.6. The number of ether oxygens (including phenoxy) is 1. The second kappa shape index (κ2) is 7.93. The summed E-state index contributed by atoms with van der Waals surface area (Å²) in [5.74, 6) is 1.11. The summed E-state index contributed by atoms with van der Waals surface area (Å²) in [4.78, 5) is 1.96. The van der Waals surface area contributed by atoms with Gasteiger partial charge >= 0.3 is 0 Å². The van der Waals surface area contributed by atoms with E-state index < -0.39 is 0 Å². The molecule has 0 fully saturated rings. The van der Waals surface area contributed by atoms with Gasteiger partial charge in [-0.15, -0.1) is 0 Å². The summed E-state index contributed by atoms with van der Waals surface area (Å²) >= 11 is 0. The molecule has 0 amide bonds. The van der Waals surface area contributed by atoms with Gasteiger partial charge in [0.2, 0.25) is 0 Å². The van der Waals surface area contributed by atoms with E-state index in [1.165, 1.54) is 25.7 Å². The molecular formula is C16H27NO2. The second-order valence-corrected chi connectivity index (χ2v) is 5.32. The fraction of sp³-hybridized carbons (Fsp3) is 0.625. The average molecular weight is 265 g/mol. The molecule has 1 atom stereocenters. The van der Waals surface area contributed by atoms with Crippen LogP contribution >= 0.6 is 0 Å². The van der Waals surface area contributed by atoms with Gasteiger partial charge in [0, 0.05) is 20.2 Å². The van der Waals surface area contributed by atoms with E-state index in [0.29, 0.717) is 0 Å². The minimum absolute atomic E-state index is 0.208. The topological polar surface area (TPSA) is 32.7 Å². The summed E-state index contributed by atoms with van der Waals surface area (Å²) in [6.07, 6.45) is 6.34. The number of phenolic OH excluding ortho intramolecular Hbond substituents is 1. The third-order valence-electron chi connectivity index (χ3n) is 3.22. The van der Waals surface area contributed by atoms with Crippen LogP contribution < -0.4 is 9.64 Å². The fourth-order valence-electron chi connectivity index (χ4n) is 2.09. The Kier molecular flexibility index (Phi) is 6.54. The van der Waals surface area contributed by atoms with E-state index in [4.69, 9.17) is 4.74 Å². The first-order chi connectivity index (χ1) is 9.04. The third-order valence-corrected chi connectivity index (χ3v) is 3.22. The predicted octanol–water partition coefficient (Wildman–Crippen LogP) is 4.20. The summed E-state index contributed by atoms with van der Waals surface area (Å²) in [6.45, 7) is 4.33. The molecule has 0 spiro atoms. The number of hydrogen-bond donors (Lipinski definition) is 1. The molecule has 1 unspecified atom stereocenters. The molecule has 1 aromatic carbocycles. The largest absolute Gasteiger partial charge is 0.508 e. The van der Waals surface area contributed by atoms with Crippen LogP contribution in [-0.4, -0.2) is 25.3 Å². The highest BCUT2D eigenvalue weighted by Gasteiger charge is 2.10. The van der Waals surface area contributed by atoms with E-state index in [1.54, 1.807) is 12.1 Å². The van der Waals surface area contributed by atoms with Crippen LogP contribution in [0.3, 0.4) is 0 Å². The SMILES string of the molecule is CCCCCCC(C)Oc1ccc(O)cc1N(C)C. The first-order valence-electron chi connectivity index (χ1n) is 7.21. The van der Waals surface area contributed by atoms with Gasteiger partial charge < -0.3 is 14.7 Å². The molecule has 0 bridgehead atoms. The van der Waals surface area contributed by atoms with Crippen LogP contribution in [0.2, 0.25) is 0 Å². The molecule has 3 nitrogen and oxygen atoms in total. The van der Waals surface area contributed by atoms with Crippen molar-refractivity contribution in [3.63, 3.8) is 0 Å². The summed E-state index contributed by atoms with van der Waals surface area (Å²) in [6, 6.07) is 5.25. The lowest BCUT2D eigenvalue weighted by atomic mass is 10.1. The van der Waals surface area contributed by atoms with Gasteiger partial charge in [-0.3, -0.25) is 0 Å². The molecule has 108 valence electrons. The molecule has 1 N–H and O–H groups in total. The van der Waals surface area contributed by atoms with Crippen LogP contribution in [0.15, 0.2) is 18.2 Å². The van der Waals surface area contributed by atoms with Gasteiger partial charge in [0.25, 0.3) is 0 Å². The zero-order chi connectivity index (χ0) is 14.3. The molecule has 0 heterocycles. The van der Waals surface area contributed by atoms with Gasteiger partial charge in [0.15, 0.2) is 0 Å². The lowest BCUT2D eigenvalue weighted by Crippen LogP contribution is -2.15. The average Bonchev–Trinajstić information content (AvgIpc) is 2.36. The number of phenols is 1. The van der Waals surface area contributed by atoms with Crippen molar-refractivity contribution < 1.29 is 9.84 Å². The maximum absolute atomic E-state index is 9.54. The van der Waals surface area contributed by atoms with E-state index in [2.05, 4.69) is 13.8 Å². The van der Waals surface area contributed by atoms with Crippen LogP contribution in [0.25, 0.3) is 0 Å². The Morgan fingerprint density at radius 2 is 1.95 bits per heavy atom. The number of aromatic hydroxyl groups is 1. The van der Waals surface area contributed by atoms with Gasteiger partial charge in [0.05, 0.1) is 11.8 Å². The van der Waals surface area contributed by atoms with Crippen molar-refractivity contribution in [3.05, 3.63) is 18.2 Å². The Labute approximate surface area is 117 Å². The van der Waals surface area contributed by atoms with Gasteiger partial charge in [-0.2, -0.15) is 0 Å². The van der Waals surface area contributed by atoms with E-state index in [-0.39, 0.29) is 11.9 Å². The van der Waals surface area contributed by atoms with Crippen LogP contribution in [0.5, 0.6) is 11.5 Å². The van der Waals surface area contributed by atoms with E-state index >= 15 is 0 Å². The normalized spacial score (nSPS) is 12.2. The lowest BCUT2D eigenvalue weighted by Gasteiger charge is -2.21. The summed E-state index contributed by atoms with van der Waals surface area (Å²) in [7, 11) is 3.90. The summed E-state index contributed by atoms with van der Waals surface area (Å²) < 4.78 is 5.99. The quantitative estimate of drug-likeness (QED) is 0.715. The number of nitrogens with zero attached hydrogens (tertiary/aromatic N) is 1. The highest BCUT2D eigenvalue weighted by atomic mass is 16.5. The zero-order valence-corrected chi connectivity index (χ0v) is 12.6. The summed E-state index contributed by atoms with van der Waals surface area (Å²) in [5, 5.41) is 9.54. The molecule has 0 aliphatic heterocycles. The molecule has 0 aliphatic carbocycles. The molecule has 1 aromatic rings. The van der Waals surface area contributed by atoms with Crippen molar-refractivity contribution in [2.24, 2.45) is 0 Å². The number of rotatable bonds is 8. The predicted molar refractivity (Wildman–Crippen MR) is 81.3 cm³/mol. The monoisotopic (exact) mass is 265 g/mol. The highest BCUT2D eigenvalue weighted by Crippen LogP contribution is 2.31. The minimum atomic E-state index is 0.208. The number of hydrogen-bond acceptors (Lipinski definition) is 3. The van der Waals surface area contributed by atoms with Gasteiger partial charge in [-0.25, -0.2) is 0 Å². The van der Waals surface area contributed by atoms with Crippen LogP contribution in [0.1, 0.15) is 46.0 Å². The van der Waals surface area contributed by atoms with E-state index in [1.807, 2.05) is 25.1 Å². The van der Waals surface area contributed by atoms with Crippen molar-refractivity contribution in [2.45, 2.75) is 52.1 Å². The van der Waals surface area contributed by atoms with E-state index in [9.17, 15) is 5.11 Å². The van der Waals surface area contributed by atoms with Crippen LogP contribution in [0.4, 0.5) is 5.69 Å². The Balaban J connectivity index is 2.56. The Bertz CT molecular complexity index is 377. The molecule has 19 heavy (non-hydrogen) atoms. The third kappa shape index (κ3) is 5.41. The lowest BCUT2D eigenvalue weighted by molar-refractivity contribution is 0.207.